The second-order valence-electron chi connectivity index (χ2n) is 3.97. The van der Waals surface area contributed by atoms with E-state index in [-0.39, 0.29) is 0 Å². The number of nitrogens with zero attached hydrogens (tertiary/aromatic N) is 1. The maximum absolute atomic E-state index is 6.50. The van der Waals surface area contributed by atoms with Gasteiger partial charge in [0.1, 0.15) is 0 Å². The van der Waals surface area contributed by atoms with Crippen molar-refractivity contribution in [2.45, 2.75) is 0 Å². The van der Waals surface area contributed by atoms with Crippen LogP contribution in [0.25, 0.3) is 6.08 Å². The van der Waals surface area contributed by atoms with Crippen LogP contribution in [0.1, 0.15) is 5.56 Å². The Balaban J connectivity index is 0.000000637. The van der Waals surface area contributed by atoms with Crippen LogP contribution in [0.15, 0.2) is 72.9 Å². The van der Waals surface area contributed by atoms with E-state index in [1.165, 1.54) is 16.9 Å². The summed E-state index contributed by atoms with van der Waals surface area (Å²) in [7, 11) is 0. The van der Waals surface area contributed by atoms with Crippen LogP contribution >= 0.6 is 0 Å². The van der Waals surface area contributed by atoms with Gasteiger partial charge in [-0.1, -0.05) is 48.6 Å². The van der Waals surface area contributed by atoms with E-state index < -0.39 is 0 Å². The predicted octanol–water partition coefficient (Wildman–Crippen LogP) is 3.70. The molecule has 0 bridgehead atoms. The van der Waals surface area contributed by atoms with Crippen molar-refractivity contribution in [3.63, 3.8) is 0 Å². The molecule has 0 aliphatic carbocycles. The fourth-order valence-corrected chi connectivity index (χ4v) is 2.04. The summed E-state index contributed by atoms with van der Waals surface area (Å²) in [6, 6.07) is 18.8. The van der Waals surface area contributed by atoms with Crippen molar-refractivity contribution >= 4 is 17.5 Å². The Kier molecular flexibility index (Phi) is 4.50. The molecule has 3 rings (SSSR count). The standard InChI is InChI=1S/C16H13N.H3NO/c1-2-10-15(11-3-1)17-13-7-6-9-14-8-4-5-12-16(14)17;1-2/h1-13H;2H,1H2. The first-order valence-corrected chi connectivity index (χ1v) is 5.99. The highest BCUT2D eigenvalue weighted by Gasteiger charge is 2.09. The van der Waals surface area contributed by atoms with Gasteiger partial charge in [-0.2, -0.15) is 0 Å². The highest BCUT2D eigenvalue weighted by atomic mass is 16.4. The molecule has 0 saturated carbocycles. The van der Waals surface area contributed by atoms with Gasteiger partial charge in [0.25, 0.3) is 0 Å². The third-order valence-electron chi connectivity index (χ3n) is 2.85. The number of nitrogens with two attached hydrogens (primary N) is 1. The number of hydrogen-bond acceptors (Lipinski definition) is 3. The molecule has 3 nitrogen and oxygen atoms in total. The molecule has 0 atom stereocenters. The van der Waals surface area contributed by atoms with Crippen molar-refractivity contribution in [2.24, 2.45) is 5.90 Å². The maximum atomic E-state index is 6.50. The average molecular weight is 252 g/mol. The van der Waals surface area contributed by atoms with Crippen LogP contribution in [0.5, 0.6) is 0 Å². The molecule has 0 aromatic heterocycles. The lowest BCUT2D eigenvalue weighted by Gasteiger charge is -2.21. The van der Waals surface area contributed by atoms with E-state index in [0.717, 1.165) is 0 Å². The van der Waals surface area contributed by atoms with E-state index in [0.29, 0.717) is 0 Å². The maximum Gasteiger partial charge on any atom is 0.0527 e. The van der Waals surface area contributed by atoms with Crippen molar-refractivity contribution in [3.05, 3.63) is 78.5 Å². The third-order valence-corrected chi connectivity index (χ3v) is 2.85. The second-order valence-corrected chi connectivity index (χ2v) is 3.97. The summed E-state index contributed by atoms with van der Waals surface area (Å²) in [4.78, 5) is 2.20. The molecule has 3 heteroatoms. The van der Waals surface area contributed by atoms with Gasteiger partial charge in [0.15, 0.2) is 0 Å². The minimum Gasteiger partial charge on any atom is -0.320 e. The van der Waals surface area contributed by atoms with Crippen molar-refractivity contribution in [2.75, 3.05) is 4.90 Å². The van der Waals surface area contributed by atoms with Crippen LogP contribution in [-0.2, 0) is 0 Å². The minimum absolute atomic E-state index is 1.18. The first-order valence-electron chi connectivity index (χ1n) is 5.99. The smallest absolute Gasteiger partial charge is 0.0527 e. The van der Waals surface area contributed by atoms with Gasteiger partial charge in [-0.25, -0.2) is 5.90 Å². The second kappa shape index (κ2) is 6.54. The predicted molar refractivity (Wildman–Crippen MR) is 79.2 cm³/mol. The molecule has 0 saturated heterocycles. The number of hydrogen-bond donors (Lipinski definition) is 2. The zero-order valence-electron chi connectivity index (χ0n) is 10.5. The van der Waals surface area contributed by atoms with E-state index in [1.54, 1.807) is 0 Å². The Morgan fingerprint density at radius 3 is 2.26 bits per heavy atom. The van der Waals surface area contributed by atoms with E-state index in [1.807, 2.05) is 6.07 Å². The van der Waals surface area contributed by atoms with Crippen LogP contribution in [0.3, 0.4) is 0 Å². The SMILES string of the molecule is C1=Cc2ccccc2N(c2ccccc2)C=C1.NO. The Morgan fingerprint density at radius 1 is 0.789 bits per heavy atom. The van der Waals surface area contributed by atoms with Gasteiger partial charge in [0.05, 0.1) is 5.69 Å². The molecule has 19 heavy (non-hydrogen) atoms. The van der Waals surface area contributed by atoms with Gasteiger partial charge in [0.2, 0.25) is 0 Å². The minimum atomic E-state index is 1.18. The summed E-state index contributed by atoms with van der Waals surface area (Å²) in [5.74, 6) is 3.50. The summed E-state index contributed by atoms with van der Waals surface area (Å²) < 4.78 is 0. The van der Waals surface area contributed by atoms with Gasteiger partial charge in [-0.05, 0) is 29.8 Å². The number of benzene rings is 2. The zero-order valence-corrected chi connectivity index (χ0v) is 10.5. The normalized spacial score (nSPS) is 12.2. The fraction of sp³-hybridized carbons (Fsp3) is 0. The third kappa shape index (κ3) is 2.91. The molecule has 3 N–H and O–H groups in total. The number of rotatable bonds is 1. The summed E-state index contributed by atoms with van der Waals surface area (Å²) in [5, 5.41) is 6.50. The Morgan fingerprint density at radius 2 is 1.47 bits per heavy atom. The number of para-hydroxylation sites is 2. The highest BCUT2D eigenvalue weighted by Crippen LogP contribution is 2.31. The lowest BCUT2D eigenvalue weighted by molar-refractivity contribution is 0.311. The van der Waals surface area contributed by atoms with Crippen molar-refractivity contribution in [3.8, 4) is 0 Å². The van der Waals surface area contributed by atoms with Gasteiger partial charge in [0, 0.05) is 11.9 Å². The number of allylic oxidation sites excluding steroid dienone is 2. The monoisotopic (exact) mass is 252 g/mol. The van der Waals surface area contributed by atoms with Crippen molar-refractivity contribution in [1.29, 1.82) is 0 Å². The van der Waals surface area contributed by atoms with Gasteiger partial charge >= 0.3 is 0 Å². The van der Waals surface area contributed by atoms with Crippen LogP contribution in [0.2, 0.25) is 0 Å². The van der Waals surface area contributed by atoms with Crippen LogP contribution < -0.4 is 10.8 Å². The quantitative estimate of drug-likeness (QED) is 0.761. The van der Waals surface area contributed by atoms with Gasteiger partial charge in [-0.15, -0.1) is 0 Å². The molecular weight excluding hydrogens is 236 g/mol. The topological polar surface area (TPSA) is 49.5 Å². The molecule has 2 aromatic rings. The molecule has 0 unspecified atom stereocenters. The summed E-state index contributed by atoms with van der Waals surface area (Å²) in [6.07, 6.45) is 8.36. The van der Waals surface area contributed by atoms with E-state index >= 15 is 0 Å². The largest absolute Gasteiger partial charge is 0.320 e. The van der Waals surface area contributed by atoms with Crippen molar-refractivity contribution < 1.29 is 5.21 Å². The molecular formula is C16H16N2O. The Labute approximate surface area is 112 Å². The molecule has 0 radical (unpaired) electrons. The lowest BCUT2D eigenvalue weighted by atomic mass is 10.1. The average Bonchev–Trinajstić information content (AvgIpc) is 2.72. The Hall–Kier alpha value is -2.36. The highest BCUT2D eigenvalue weighted by molar-refractivity contribution is 5.77. The lowest BCUT2D eigenvalue weighted by Crippen LogP contribution is -2.08. The summed E-state index contributed by atoms with van der Waals surface area (Å²) >= 11 is 0. The zero-order chi connectivity index (χ0) is 13.5. The molecule has 2 aromatic carbocycles. The van der Waals surface area contributed by atoms with Crippen molar-refractivity contribution in [1.82, 2.24) is 0 Å². The molecule has 0 spiro atoms. The van der Waals surface area contributed by atoms with Gasteiger partial charge in [-0.3, -0.25) is 0 Å². The Bertz CT molecular complexity index is 576. The van der Waals surface area contributed by atoms with Crippen LogP contribution in [0, 0.1) is 0 Å². The first-order chi connectivity index (χ1) is 9.45. The molecule has 96 valence electrons. The molecule has 1 heterocycles. The molecule has 1 aliphatic heterocycles. The first kappa shape index (κ1) is 13.1. The van der Waals surface area contributed by atoms with E-state index in [9.17, 15) is 0 Å². The van der Waals surface area contributed by atoms with E-state index in [2.05, 4.69) is 83.8 Å². The number of fused-ring (bicyclic) bond motifs is 1. The van der Waals surface area contributed by atoms with E-state index in [4.69, 9.17) is 5.21 Å². The number of anilines is 2. The fourth-order valence-electron chi connectivity index (χ4n) is 2.04. The van der Waals surface area contributed by atoms with Crippen LogP contribution in [-0.4, -0.2) is 5.21 Å². The molecule has 0 fully saturated rings. The molecule has 0 amide bonds. The molecule has 1 aliphatic rings. The summed E-state index contributed by atoms with van der Waals surface area (Å²) in [6.45, 7) is 0. The van der Waals surface area contributed by atoms with Gasteiger partial charge < -0.3 is 10.1 Å². The van der Waals surface area contributed by atoms with Crippen LogP contribution in [0.4, 0.5) is 11.4 Å². The summed E-state index contributed by atoms with van der Waals surface area (Å²) in [5.41, 5.74) is 3.63.